The topological polar surface area (TPSA) is 60.9 Å². The summed E-state index contributed by atoms with van der Waals surface area (Å²) in [6.45, 7) is 3.73. The zero-order valence-electron chi connectivity index (χ0n) is 9.77. The Morgan fingerprint density at radius 3 is 2.88 bits per heavy atom. The molecule has 2 N–H and O–H groups in total. The number of hydrogen-bond acceptors (Lipinski definition) is 2. The van der Waals surface area contributed by atoms with Crippen LogP contribution in [0, 0.1) is 6.92 Å². The second kappa shape index (κ2) is 4.37. The van der Waals surface area contributed by atoms with Crippen LogP contribution in [0.5, 0.6) is 0 Å². The average molecular weight is 252 g/mol. The van der Waals surface area contributed by atoms with Crippen molar-refractivity contribution in [2.75, 3.05) is 0 Å². The van der Waals surface area contributed by atoms with Gasteiger partial charge < -0.3 is 10.3 Å². The molecule has 0 aliphatic rings. The van der Waals surface area contributed by atoms with Crippen LogP contribution in [0.25, 0.3) is 11.0 Å². The number of carbonyl (C=O) groups is 1. The van der Waals surface area contributed by atoms with E-state index in [1.807, 2.05) is 29.7 Å². The fourth-order valence-electron chi connectivity index (χ4n) is 2.01. The van der Waals surface area contributed by atoms with E-state index < -0.39 is 6.04 Å². The van der Waals surface area contributed by atoms with Crippen molar-refractivity contribution in [3.8, 4) is 0 Å². The maximum absolute atomic E-state index is 11.4. The van der Waals surface area contributed by atoms with E-state index in [-0.39, 0.29) is 11.8 Å². The number of alkyl halides is 1. The highest BCUT2D eigenvalue weighted by Gasteiger charge is 2.19. The minimum absolute atomic E-state index is 0.256. The lowest BCUT2D eigenvalue weighted by Gasteiger charge is -2.14. The third kappa shape index (κ3) is 1.89. The third-order valence-corrected chi connectivity index (χ3v) is 3.14. The summed E-state index contributed by atoms with van der Waals surface area (Å²) in [4.78, 5) is 15.8. The molecule has 17 heavy (non-hydrogen) atoms. The molecule has 1 aromatic carbocycles. The van der Waals surface area contributed by atoms with Crippen LogP contribution in [0.15, 0.2) is 18.2 Å². The Kier molecular flexibility index (Phi) is 3.07. The van der Waals surface area contributed by atoms with E-state index in [0.29, 0.717) is 5.82 Å². The van der Waals surface area contributed by atoms with Gasteiger partial charge in [0.05, 0.1) is 16.9 Å². The number of fused-ring (bicyclic) bond motifs is 1. The molecule has 0 saturated carbocycles. The molecule has 2 aromatic rings. The number of primary amides is 1. The van der Waals surface area contributed by atoms with Crippen LogP contribution >= 0.6 is 11.6 Å². The van der Waals surface area contributed by atoms with Crippen LogP contribution < -0.4 is 5.73 Å². The molecular weight excluding hydrogens is 238 g/mol. The van der Waals surface area contributed by atoms with E-state index in [2.05, 4.69) is 4.98 Å². The average Bonchev–Trinajstić information content (AvgIpc) is 2.67. The van der Waals surface area contributed by atoms with Crippen molar-refractivity contribution in [2.24, 2.45) is 5.73 Å². The maximum atomic E-state index is 11.4. The van der Waals surface area contributed by atoms with Crippen LogP contribution in [0.2, 0.25) is 0 Å². The minimum atomic E-state index is -0.449. The van der Waals surface area contributed by atoms with Crippen molar-refractivity contribution in [1.82, 2.24) is 9.55 Å². The van der Waals surface area contributed by atoms with Gasteiger partial charge in [-0.15, -0.1) is 11.6 Å². The molecule has 5 heteroatoms. The van der Waals surface area contributed by atoms with Crippen molar-refractivity contribution in [2.45, 2.75) is 25.8 Å². The second-order valence-corrected chi connectivity index (χ2v) is 4.32. The highest BCUT2D eigenvalue weighted by Crippen LogP contribution is 2.24. The number of para-hydroxylation sites is 1. The number of nitrogens with two attached hydrogens (primary N) is 1. The molecule has 2 rings (SSSR count). The van der Waals surface area contributed by atoms with Gasteiger partial charge in [0.1, 0.15) is 11.9 Å². The summed E-state index contributed by atoms with van der Waals surface area (Å²) in [6, 6.07) is 5.37. The molecule has 1 aromatic heterocycles. The standard InChI is InChI=1S/C12H14ClN3O/c1-7-4-3-5-9-11(7)16(8(2)12(14)17)10(6-13)15-9/h3-5,8H,6H2,1-2H3,(H2,14,17). The quantitative estimate of drug-likeness (QED) is 0.850. The number of halogens is 1. The summed E-state index contributed by atoms with van der Waals surface area (Å²) < 4.78 is 1.82. The number of rotatable bonds is 3. The van der Waals surface area contributed by atoms with Crippen LogP contribution in [-0.4, -0.2) is 15.5 Å². The first-order valence-corrected chi connectivity index (χ1v) is 5.91. The number of aromatic nitrogens is 2. The maximum Gasteiger partial charge on any atom is 0.240 e. The Balaban J connectivity index is 2.78. The molecule has 1 unspecified atom stereocenters. The molecule has 1 atom stereocenters. The van der Waals surface area contributed by atoms with Gasteiger partial charge in [-0.25, -0.2) is 4.98 Å². The number of benzene rings is 1. The molecule has 0 spiro atoms. The Labute approximate surface area is 104 Å². The molecule has 0 bridgehead atoms. The van der Waals surface area contributed by atoms with Crippen molar-refractivity contribution >= 4 is 28.5 Å². The monoisotopic (exact) mass is 251 g/mol. The first-order valence-electron chi connectivity index (χ1n) is 5.38. The Morgan fingerprint density at radius 2 is 2.29 bits per heavy atom. The highest BCUT2D eigenvalue weighted by atomic mass is 35.5. The number of carbonyl (C=O) groups excluding carboxylic acids is 1. The van der Waals surface area contributed by atoms with E-state index in [1.54, 1.807) is 6.92 Å². The zero-order chi connectivity index (χ0) is 12.6. The lowest BCUT2D eigenvalue weighted by molar-refractivity contribution is -0.120. The van der Waals surface area contributed by atoms with Gasteiger partial charge in [-0.1, -0.05) is 12.1 Å². The van der Waals surface area contributed by atoms with Crippen molar-refractivity contribution < 1.29 is 4.79 Å². The summed E-state index contributed by atoms with van der Waals surface area (Å²) in [5, 5.41) is 0. The van der Waals surface area contributed by atoms with Crippen LogP contribution in [0.3, 0.4) is 0 Å². The molecule has 0 fully saturated rings. The van der Waals surface area contributed by atoms with Crippen molar-refractivity contribution in [3.63, 3.8) is 0 Å². The van der Waals surface area contributed by atoms with Gasteiger partial charge in [-0.3, -0.25) is 4.79 Å². The SMILES string of the molecule is Cc1cccc2nc(CCl)n(C(C)C(N)=O)c12. The fourth-order valence-corrected chi connectivity index (χ4v) is 2.20. The molecule has 90 valence electrons. The smallest absolute Gasteiger partial charge is 0.240 e. The Hall–Kier alpha value is -1.55. The van der Waals surface area contributed by atoms with Crippen molar-refractivity contribution in [3.05, 3.63) is 29.6 Å². The van der Waals surface area contributed by atoms with Gasteiger partial charge in [0.2, 0.25) is 5.91 Å². The molecule has 0 radical (unpaired) electrons. The Bertz CT molecular complexity index is 576. The van der Waals surface area contributed by atoms with Gasteiger partial charge in [0, 0.05) is 0 Å². The number of nitrogens with zero attached hydrogens (tertiary/aromatic N) is 2. The van der Waals surface area contributed by atoms with Gasteiger partial charge in [0.25, 0.3) is 0 Å². The van der Waals surface area contributed by atoms with Gasteiger partial charge >= 0.3 is 0 Å². The fraction of sp³-hybridized carbons (Fsp3) is 0.333. The van der Waals surface area contributed by atoms with Gasteiger partial charge in [-0.05, 0) is 25.5 Å². The predicted octanol–water partition coefficient (Wildman–Crippen LogP) is 2.13. The lowest BCUT2D eigenvalue weighted by Crippen LogP contribution is -2.25. The number of amides is 1. The number of aryl methyl sites for hydroxylation is 1. The van der Waals surface area contributed by atoms with Gasteiger partial charge in [0.15, 0.2) is 0 Å². The zero-order valence-corrected chi connectivity index (χ0v) is 10.5. The van der Waals surface area contributed by atoms with Crippen LogP contribution in [0.1, 0.15) is 24.4 Å². The van der Waals surface area contributed by atoms with Crippen LogP contribution in [0.4, 0.5) is 0 Å². The number of imidazole rings is 1. The molecule has 0 aliphatic carbocycles. The van der Waals surface area contributed by atoms with E-state index in [1.165, 1.54) is 0 Å². The molecule has 0 saturated heterocycles. The summed E-state index contributed by atoms with van der Waals surface area (Å²) in [6.07, 6.45) is 0. The van der Waals surface area contributed by atoms with E-state index in [9.17, 15) is 4.79 Å². The normalized spacial score (nSPS) is 12.9. The van der Waals surface area contributed by atoms with E-state index >= 15 is 0 Å². The second-order valence-electron chi connectivity index (χ2n) is 4.05. The third-order valence-electron chi connectivity index (χ3n) is 2.90. The summed E-state index contributed by atoms with van der Waals surface area (Å²) >= 11 is 5.87. The van der Waals surface area contributed by atoms with Crippen molar-refractivity contribution in [1.29, 1.82) is 0 Å². The predicted molar refractivity (Wildman–Crippen MR) is 67.9 cm³/mol. The first-order chi connectivity index (χ1) is 8.06. The molecule has 0 aliphatic heterocycles. The summed E-state index contributed by atoms with van der Waals surface area (Å²) in [7, 11) is 0. The van der Waals surface area contributed by atoms with Crippen LogP contribution in [-0.2, 0) is 10.7 Å². The largest absolute Gasteiger partial charge is 0.368 e. The van der Waals surface area contributed by atoms with E-state index in [0.717, 1.165) is 16.6 Å². The van der Waals surface area contributed by atoms with E-state index in [4.69, 9.17) is 17.3 Å². The molecule has 4 nitrogen and oxygen atoms in total. The minimum Gasteiger partial charge on any atom is -0.368 e. The Morgan fingerprint density at radius 1 is 1.59 bits per heavy atom. The summed E-state index contributed by atoms with van der Waals surface area (Å²) in [5.74, 6) is 0.535. The highest BCUT2D eigenvalue weighted by molar-refractivity contribution is 6.17. The summed E-state index contributed by atoms with van der Waals surface area (Å²) in [5.41, 5.74) is 8.18. The first kappa shape index (κ1) is 11.9. The lowest BCUT2D eigenvalue weighted by atomic mass is 10.2. The molecular formula is C12H14ClN3O. The van der Waals surface area contributed by atoms with Gasteiger partial charge in [-0.2, -0.15) is 0 Å². The molecule has 1 heterocycles. The molecule has 1 amide bonds. The number of hydrogen-bond donors (Lipinski definition) is 1.